The summed E-state index contributed by atoms with van der Waals surface area (Å²) < 4.78 is 19.1. The van der Waals surface area contributed by atoms with Crippen LogP contribution in [0.15, 0.2) is 28.7 Å². The Balaban J connectivity index is 0.00000144. The lowest BCUT2D eigenvalue weighted by Crippen LogP contribution is -2.38. The van der Waals surface area contributed by atoms with Gasteiger partial charge >= 0.3 is 0 Å². The molecule has 1 spiro atoms. The van der Waals surface area contributed by atoms with Crippen LogP contribution in [0.25, 0.3) is 11.0 Å². The number of rotatable bonds is 2. The van der Waals surface area contributed by atoms with Crippen molar-refractivity contribution >= 4 is 23.4 Å². The second kappa shape index (κ2) is 6.19. The molecule has 4 rings (SSSR count). The van der Waals surface area contributed by atoms with E-state index in [0.29, 0.717) is 5.41 Å². The molecule has 0 unspecified atom stereocenters. The molecular formula is C17H22ClFN2O. The second-order valence-corrected chi connectivity index (χ2v) is 6.61. The molecule has 3 heterocycles. The van der Waals surface area contributed by atoms with Crippen LogP contribution in [0.4, 0.5) is 4.39 Å². The first-order valence-electron chi connectivity index (χ1n) is 7.84. The minimum atomic E-state index is -0.204. The average molecular weight is 325 g/mol. The highest BCUT2D eigenvalue weighted by molar-refractivity contribution is 5.85. The maximum Gasteiger partial charge on any atom is 0.134 e. The molecule has 0 bridgehead atoms. The van der Waals surface area contributed by atoms with E-state index in [1.54, 1.807) is 12.1 Å². The summed E-state index contributed by atoms with van der Waals surface area (Å²) in [6.45, 7) is 5.45. The third-order valence-corrected chi connectivity index (χ3v) is 5.09. The lowest BCUT2D eigenvalue weighted by atomic mass is 9.78. The van der Waals surface area contributed by atoms with Crippen LogP contribution in [0, 0.1) is 11.2 Å². The Labute approximate surface area is 136 Å². The third-order valence-electron chi connectivity index (χ3n) is 5.09. The Bertz CT molecular complexity index is 651. The number of fused-ring (bicyclic) bond motifs is 1. The summed E-state index contributed by atoms with van der Waals surface area (Å²) in [6, 6.07) is 6.69. The van der Waals surface area contributed by atoms with Crippen molar-refractivity contribution in [1.82, 2.24) is 10.2 Å². The monoisotopic (exact) mass is 324 g/mol. The first-order valence-corrected chi connectivity index (χ1v) is 7.84. The Morgan fingerprint density at radius 1 is 1.18 bits per heavy atom. The summed E-state index contributed by atoms with van der Waals surface area (Å²) in [4.78, 5) is 2.49. The fourth-order valence-electron chi connectivity index (χ4n) is 3.90. The van der Waals surface area contributed by atoms with E-state index >= 15 is 0 Å². The van der Waals surface area contributed by atoms with Gasteiger partial charge in [0.05, 0.1) is 6.54 Å². The van der Waals surface area contributed by atoms with Gasteiger partial charge in [-0.2, -0.15) is 0 Å². The molecule has 0 radical (unpaired) electrons. The van der Waals surface area contributed by atoms with Crippen LogP contribution >= 0.6 is 12.4 Å². The van der Waals surface area contributed by atoms with Crippen molar-refractivity contribution in [3.05, 3.63) is 35.8 Å². The maximum absolute atomic E-state index is 13.2. The third kappa shape index (κ3) is 3.00. The number of benzene rings is 1. The van der Waals surface area contributed by atoms with Gasteiger partial charge in [0.15, 0.2) is 0 Å². The normalized spacial score (nSPS) is 21.3. The molecule has 22 heavy (non-hydrogen) atoms. The maximum atomic E-state index is 13.2. The fourth-order valence-corrected chi connectivity index (χ4v) is 3.90. The quantitative estimate of drug-likeness (QED) is 0.915. The minimum Gasteiger partial charge on any atom is -0.460 e. The van der Waals surface area contributed by atoms with Gasteiger partial charge in [-0.15, -0.1) is 12.4 Å². The van der Waals surface area contributed by atoms with E-state index in [0.717, 1.165) is 42.9 Å². The van der Waals surface area contributed by atoms with E-state index in [2.05, 4.69) is 10.2 Å². The fraction of sp³-hybridized carbons (Fsp3) is 0.529. The van der Waals surface area contributed by atoms with Crippen LogP contribution in [-0.4, -0.2) is 31.1 Å². The lowest BCUT2D eigenvalue weighted by Gasteiger charge is -2.33. The molecule has 120 valence electrons. The van der Waals surface area contributed by atoms with Crippen molar-refractivity contribution in [2.75, 3.05) is 26.2 Å². The molecule has 0 aliphatic carbocycles. The van der Waals surface area contributed by atoms with E-state index < -0.39 is 0 Å². The Hall–Kier alpha value is -1.10. The van der Waals surface area contributed by atoms with Gasteiger partial charge in [0, 0.05) is 11.9 Å². The Morgan fingerprint density at radius 3 is 2.82 bits per heavy atom. The van der Waals surface area contributed by atoms with Crippen molar-refractivity contribution in [2.45, 2.75) is 25.8 Å². The van der Waals surface area contributed by atoms with E-state index in [1.807, 2.05) is 6.07 Å². The van der Waals surface area contributed by atoms with Gasteiger partial charge in [-0.25, -0.2) is 4.39 Å². The lowest BCUT2D eigenvalue weighted by molar-refractivity contribution is 0.189. The highest BCUT2D eigenvalue weighted by Gasteiger charge is 2.38. The van der Waals surface area contributed by atoms with Crippen molar-refractivity contribution in [2.24, 2.45) is 5.41 Å². The summed E-state index contributed by atoms with van der Waals surface area (Å²) in [6.07, 6.45) is 3.87. The van der Waals surface area contributed by atoms with Crippen molar-refractivity contribution < 1.29 is 8.81 Å². The minimum absolute atomic E-state index is 0. The number of nitrogens with zero attached hydrogens (tertiary/aromatic N) is 1. The number of likely N-dealkylation sites (tertiary alicyclic amines) is 1. The average Bonchev–Trinajstić information content (AvgIpc) is 3.04. The van der Waals surface area contributed by atoms with Crippen LogP contribution in [0.5, 0.6) is 0 Å². The van der Waals surface area contributed by atoms with Crippen molar-refractivity contribution in [3.8, 4) is 0 Å². The van der Waals surface area contributed by atoms with E-state index in [4.69, 9.17) is 4.42 Å². The van der Waals surface area contributed by atoms with E-state index in [9.17, 15) is 4.39 Å². The zero-order chi connectivity index (χ0) is 14.3. The number of hydrogen-bond donors (Lipinski definition) is 1. The first kappa shape index (κ1) is 15.8. The van der Waals surface area contributed by atoms with Crippen LogP contribution in [-0.2, 0) is 6.54 Å². The number of furan rings is 1. The smallest absolute Gasteiger partial charge is 0.134 e. The zero-order valence-corrected chi connectivity index (χ0v) is 13.4. The zero-order valence-electron chi connectivity index (χ0n) is 12.6. The predicted octanol–water partition coefficient (Wildman–Crippen LogP) is 3.57. The van der Waals surface area contributed by atoms with E-state index in [-0.39, 0.29) is 18.2 Å². The molecule has 0 saturated carbocycles. The Kier molecular flexibility index (Phi) is 4.44. The van der Waals surface area contributed by atoms with E-state index in [1.165, 1.54) is 31.9 Å². The molecule has 2 aliphatic heterocycles. The molecule has 3 nitrogen and oxygen atoms in total. The number of nitrogens with one attached hydrogen (secondary N) is 1. The molecule has 2 saturated heterocycles. The summed E-state index contributed by atoms with van der Waals surface area (Å²) in [5.41, 5.74) is 1.30. The largest absolute Gasteiger partial charge is 0.460 e. The topological polar surface area (TPSA) is 28.4 Å². The SMILES string of the molecule is Cl.Fc1ccc2oc(CN3CCC4(CCNCC4)C3)cc2c1. The van der Waals surface area contributed by atoms with Crippen LogP contribution in [0.1, 0.15) is 25.0 Å². The number of piperidine rings is 1. The molecular weight excluding hydrogens is 303 g/mol. The molecule has 0 atom stereocenters. The van der Waals surface area contributed by atoms with Gasteiger partial charge in [0.1, 0.15) is 17.2 Å². The summed E-state index contributed by atoms with van der Waals surface area (Å²) >= 11 is 0. The second-order valence-electron chi connectivity index (χ2n) is 6.61. The van der Waals surface area contributed by atoms with Gasteiger partial charge in [-0.05, 0) is 68.6 Å². The molecule has 1 aromatic carbocycles. The van der Waals surface area contributed by atoms with Crippen molar-refractivity contribution in [1.29, 1.82) is 0 Å². The highest BCUT2D eigenvalue weighted by Crippen LogP contribution is 2.39. The van der Waals surface area contributed by atoms with Gasteiger partial charge < -0.3 is 9.73 Å². The molecule has 1 N–H and O–H groups in total. The molecule has 2 aromatic rings. The molecule has 2 aliphatic rings. The van der Waals surface area contributed by atoms with Crippen LogP contribution < -0.4 is 5.32 Å². The summed E-state index contributed by atoms with van der Waals surface area (Å²) in [7, 11) is 0. The highest BCUT2D eigenvalue weighted by atomic mass is 35.5. The van der Waals surface area contributed by atoms with Gasteiger partial charge in [0.2, 0.25) is 0 Å². The van der Waals surface area contributed by atoms with Gasteiger partial charge in [0.25, 0.3) is 0 Å². The first-order chi connectivity index (χ1) is 10.2. The van der Waals surface area contributed by atoms with Crippen LogP contribution in [0.3, 0.4) is 0 Å². The van der Waals surface area contributed by atoms with Crippen LogP contribution in [0.2, 0.25) is 0 Å². The summed E-state index contributed by atoms with van der Waals surface area (Å²) in [5.74, 6) is 0.742. The number of hydrogen-bond acceptors (Lipinski definition) is 3. The van der Waals surface area contributed by atoms with Gasteiger partial charge in [-0.3, -0.25) is 4.90 Å². The molecule has 2 fully saturated rings. The summed E-state index contributed by atoms with van der Waals surface area (Å²) in [5, 5.41) is 4.31. The predicted molar refractivity (Wildman–Crippen MR) is 87.9 cm³/mol. The van der Waals surface area contributed by atoms with Crippen molar-refractivity contribution in [3.63, 3.8) is 0 Å². The Morgan fingerprint density at radius 2 is 2.00 bits per heavy atom. The molecule has 0 amide bonds. The standard InChI is InChI=1S/C17H21FN2O.ClH/c18-14-1-2-16-13(9-14)10-15(21-16)11-20-8-5-17(12-20)3-6-19-7-4-17;/h1-2,9-10,19H,3-8,11-12H2;1H. The molecule has 1 aromatic heterocycles. The molecule has 5 heteroatoms. The van der Waals surface area contributed by atoms with Gasteiger partial charge in [-0.1, -0.05) is 0 Å². The number of halogens is 2.